The first-order valence-corrected chi connectivity index (χ1v) is 11.9. The predicted octanol–water partition coefficient (Wildman–Crippen LogP) is 4.74. The molecule has 0 bridgehead atoms. The Morgan fingerprint density at radius 2 is 1.91 bits per heavy atom. The number of aryl methyl sites for hydroxylation is 1. The summed E-state index contributed by atoms with van der Waals surface area (Å²) in [6.45, 7) is 4.15. The minimum atomic E-state index is -3.69. The second-order valence-electron chi connectivity index (χ2n) is 6.88. The number of amides is 1. The number of nitrogens with one attached hydrogen (secondary N) is 1. The van der Waals surface area contributed by atoms with E-state index < -0.39 is 21.7 Å². The molecule has 3 aromatic rings. The van der Waals surface area contributed by atoms with Crippen LogP contribution in [0.3, 0.4) is 0 Å². The molecule has 0 fully saturated rings. The number of hydrogen-bond donors (Lipinski definition) is 1. The lowest BCUT2D eigenvalue weighted by atomic mass is 10.2. The molecule has 1 heterocycles. The smallest absolute Gasteiger partial charge is 0.243 e. The van der Waals surface area contributed by atoms with Crippen molar-refractivity contribution >= 4 is 33.2 Å². The van der Waals surface area contributed by atoms with E-state index in [1.54, 1.807) is 32.0 Å². The molecule has 0 saturated carbocycles. The SMILES string of the molecule is CCN(CC)S(=O)(=O)c1ccc(Cl)c(NC(=O)CCc2ncc(-c3ccccc3F)o2)c1. The molecule has 2 aromatic carbocycles. The Hall–Kier alpha value is -2.75. The zero-order chi connectivity index (χ0) is 23.3. The van der Waals surface area contributed by atoms with E-state index in [1.165, 1.54) is 34.8 Å². The molecule has 0 atom stereocenters. The fraction of sp³-hybridized carbons (Fsp3) is 0.273. The summed E-state index contributed by atoms with van der Waals surface area (Å²) in [5, 5.41) is 2.85. The maximum atomic E-state index is 13.9. The van der Waals surface area contributed by atoms with Crippen LogP contribution in [-0.2, 0) is 21.2 Å². The van der Waals surface area contributed by atoms with Gasteiger partial charge in [-0.1, -0.05) is 37.6 Å². The molecule has 0 aliphatic heterocycles. The summed E-state index contributed by atoms with van der Waals surface area (Å²) >= 11 is 6.15. The molecular weight excluding hydrogens is 457 g/mol. The monoisotopic (exact) mass is 479 g/mol. The van der Waals surface area contributed by atoms with Crippen molar-refractivity contribution in [2.45, 2.75) is 31.6 Å². The van der Waals surface area contributed by atoms with E-state index >= 15 is 0 Å². The lowest BCUT2D eigenvalue weighted by Gasteiger charge is -2.19. The van der Waals surface area contributed by atoms with Crippen LogP contribution in [0.4, 0.5) is 10.1 Å². The molecule has 0 aliphatic rings. The molecule has 7 nitrogen and oxygen atoms in total. The van der Waals surface area contributed by atoms with E-state index in [0.717, 1.165) is 0 Å². The number of benzene rings is 2. The largest absolute Gasteiger partial charge is 0.441 e. The average molecular weight is 480 g/mol. The predicted molar refractivity (Wildman–Crippen MR) is 120 cm³/mol. The van der Waals surface area contributed by atoms with Crippen molar-refractivity contribution in [1.29, 1.82) is 0 Å². The zero-order valence-electron chi connectivity index (χ0n) is 17.6. The molecule has 10 heteroatoms. The van der Waals surface area contributed by atoms with Crippen molar-refractivity contribution < 1.29 is 22.0 Å². The molecule has 1 amide bonds. The van der Waals surface area contributed by atoms with Gasteiger partial charge in [0.05, 0.1) is 27.4 Å². The average Bonchev–Trinajstić information content (AvgIpc) is 3.23. The number of oxazole rings is 1. The number of anilines is 1. The van der Waals surface area contributed by atoms with E-state index in [2.05, 4.69) is 10.3 Å². The lowest BCUT2D eigenvalue weighted by Crippen LogP contribution is -2.30. The number of hydrogen-bond acceptors (Lipinski definition) is 5. The van der Waals surface area contributed by atoms with E-state index in [4.69, 9.17) is 16.0 Å². The normalized spacial score (nSPS) is 11.7. The van der Waals surface area contributed by atoms with Crippen LogP contribution in [-0.4, -0.2) is 36.7 Å². The third-order valence-corrected chi connectivity index (χ3v) is 7.19. The second-order valence-corrected chi connectivity index (χ2v) is 9.22. The first-order valence-electron chi connectivity index (χ1n) is 10.1. The van der Waals surface area contributed by atoms with Gasteiger partial charge in [-0.2, -0.15) is 4.31 Å². The van der Waals surface area contributed by atoms with Crippen molar-refractivity contribution in [3.05, 3.63) is 65.4 Å². The van der Waals surface area contributed by atoms with Gasteiger partial charge in [-0.15, -0.1) is 0 Å². The van der Waals surface area contributed by atoms with Gasteiger partial charge in [-0.25, -0.2) is 17.8 Å². The molecule has 0 saturated heterocycles. The summed E-state index contributed by atoms with van der Waals surface area (Å²) < 4.78 is 46.2. The highest BCUT2D eigenvalue weighted by molar-refractivity contribution is 7.89. The van der Waals surface area contributed by atoms with Gasteiger partial charge in [0, 0.05) is 25.9 Å². The summed E-state index contributed by atoms with van der Waals surface area (Å²) in [7, 11) is -3.69. The van der Waals surface area contributed by atoms with Gasteiger partial charge in [0.2, 0.25) is 15.9 Å². The highest BCUT2D eigenvalue weighted by Gasteiger charge is 2.23. The summed E-state index contributed by atoms with van der Waals surface area (Å²) in [6, 6.07) is 10.3. The number of halogens is 2. The maximum Gasteiger partial charge on any atom is 0.243 e. The van der Waals surface area contributed by atoms with Gasteiger partial charge in [-0.05, 0) is 30.3 Å². The zero-order valence-corrected chi connectivity index (χ0v) is 19.2. The van der Waals surface area contributed by atoms with Crippen molar-refractivity contribution in [2.24, 2.45) is 0 Å². The van der Waals surface area contributed by atoms with Gasteiger partial charge >= 0.3 is 0 Å². The molecule has 170 valence electrons. The molecule has 1 N–H and O–H groups in total. The molecule has 0 spiro atoms. The Morgan fingerprint density at radius 1 is 1.19 bits per heavy atom. The van der Waals surface area contributed by atoms with Gasteiger partial charge in [-0.3, -0.25) is 4.79 Å². The second kappa shape index (κ2) is 10.2. The van der Waals surface area contributed by atoms with Gasteiger partial charge in [0.1, 0.15) is 5.82 Å². The van der Waals surface area contributed by atoms with Crippen LogP contribution in [0.1, 0.15) is 26.2 Å². The molecule has 3 rings (SSSR count). The van der Waals surface area contributed by atoms with Crippen LogP contribution in [0, 0.1) is 5.82 Å². The van der Waals surface area contributed by atoms with Gasteiger partial charge < -0.3 is 9.73 Å². The third kappa shape index (κ3) is 5.35. The van der Waals surface area contributed by atoms with E-state index in [-0.39, 0.29) is 45.7 Å². The van der Waals surface area contributed by atoms with Crippen molar-refractivity contribution in [3.8, 4) is 11.3 Å². The number of carbonyl (C=O) groups excluding carboxylic acids is 1. The van der Waals surface area contributed by atoms with E-state index in [9.17, 15) is 17.6 Å². The van der Waals surface area contributed by atoms with Crippen LogP contribution in [0.15, 0.2) is 58.0 Å². The Kier molecular flexibility index (Phi) is 7.65. The highest BCUT2D eigenvalue weighted by atomic mass is 35.5. The van der Waals surface area contributed by atoms with E-state index in [1.807, 2.05) is 0 Å². The molecule has 1 aromatic heterocycles. The quantitative estimate of drug-likeness (QED) is 0.478. The minimum absolute atomic E-state index is 0.0145. The van der Waals surface area contributed by atoms with Crippen LogP contribution in [0.5, 0.6) is 0 Å². The number of carbonyl (C=O) groups is 1. The van der Waals surface area contributed by atoms with Crippen LogP contribution >= 0.6 is 11.6 Å². The van der Waals surface area contributed by atoms with Crippen LogP contribution < -0.4 is 5.32 Å². The number of rotatable bonds is 9. The summed E-state index contributed by atoms with van der Waals surface area (Å²) in [5.41, 5.74) is 0.484. The van der Waals surface area contributed by atoms with Crippen molar-refractivity contribution in [3.63, 3.8) is 0 Å². The molecule has 0 unspecified atom stereocenters. The standard InChI is InChI=1S/C22H23ClFN3O4S/c1-3-27(4-2)32(29,30)15-9-10-17(23)19(13-15)26-21(28)11-12-22-25-14-20(31-22)16-7-5-6-8-18(16)24/h5-10,13-14H,3-4,11-12H2,1-2H3,(H,26,28). The van der Waals surface area contributed by atoms with Crippen LogP contribution in [0.25, 0.3) is 11.3 Å². The molecule has 0 radical (unpaired) electrons. The van der Waals surface area contributed by atoms with Crippen molar-refractivity contribution in [2.75, 3.05) is 18.4 Å². The summed E-state index contributed by atoms with van der Waals surface area (Å²) in [4.78, 5) is 16.6. The van der Waals surface area contributed by atoms with Crippen LogP contribution in [0.2, 0.25) is 5.02 Å². The Morgan fingerprint density at radius 3 is 2.59 bits per heavy atom. The summed E-state index contributed by atoms with van der Waals surface area (Å²) in [6.07, 6.45) is 1.60. The van der Waals surface area contributed by atoms with Crippen molar-refractivity contribution in [1.82, 2.24) is 9.29 Å². The topological polar surface area (TPSA) is 92.5 Å². The van der Waals surface area contributed by atoms with E-state index in [0.29, 0.717) is 13.1 Å². The maximum absolute atomic E-state index is 13.9. The fourth-order valence-corrected chi connectivity index (χ4v) is 4.77. The summed E-state index contributed by atoms with van der Waals surface area (Å²) in [5.74, 6) is -0.268. The number of aromatic nitrogens is 1. The Bertz CT molecular complexity index is 1210. The lowest BCUT2D eigenvalue weighted by molar-refractivity contribution is -0.116. The Labute approximate surface area is 191 Å². The molecule has 0 aliphatic carbocycles. The number of sulfonamides is 1. The van der Waals surface area contributed by atoms with Gasteiger partial charge in [0.25, 0.3) is 0 Å². The third-order valence-electron chi connectivity index (χ3n) is 4.81. The fourth-order valence-electron chi connectivity index (χ4n) is 3.12. The van der Waals surface area contributed by atoms with Gasteiger partial charge in [0.15, 0.2) is 11.7 Å². The minimum Gasteiger partial charge on any atom is -0.441 e. The number of nitrogens with zero attached hydrogens (tertiary/aromatic N) is 2. The first kappa shape index (κ1) is 23.9. The highest BCUT2D eigenvalue weighted by Crippen LogP contribution is 2.28. The molecular formula is C22H23ClFN3O4S. The Balaban J connectivity index is 1.68. The first-order chi connectivity index (χ1) is 15.3. The molecule has 32 heavy (non-hydrogen) atoms.